The molecular formula is C11H9ClN4O4S. The Morgan fingerprint density at radius 2 is 2.05 bits per heavy atom. The van der Waals surface area contributed by atoms with Gasteiger partial charge in [-0.25, -0.2) is 13.4 Å². The maximum atomic E-state index is 12.3. The molecule has 0 aliphatic heterocycles. The van der Waals surface area contributed by atoms with E-state index in [-0.39, 0.29) is 21.7 Å². The number of nitrogens with zero attached hydrogens (tertiary/aromatic N) is 3. The van der Waals surface area contributed by atoms with Crippen molar-refractivity contribution in [3.05, 3.63) is 51.4 Å². The van der Waals surface area contributed by atoms with Crippen LogP contribution in [0, 0.1) is 17.0 Å². The van der Waals surface area contributed by atoms with Crippen molar-refractivity contribution < 1.29 is 13.3 Å². The van der Waals surface area contributed by atoms with Crippen LogP contribution < -0.4 is 4.72 Å². The quantitative estimate of drug-likeness (QED) is 0.522. The highest BCUT2D eigenvalue weighted by Crippen LogP contribution is 2.23. The van der Waals surface area contributed by atoms with Gasteiger partial charge in [-0.15, -0.1) is 0 Å². The zero-order valence-corrected chi connectivity index (χ0v) is 12.2. The first kappa shape index (κ1) is 15.1. The number of halogens is 1. The molecule has 0 aliphatic rings. The van der Waals surface area contributed by atoms with E-state index < -0.39 is 14.9 Å². The number of aromatic nitrogens is 2. The predicted molar refractivity (Wildman–Crippen MR) is 75.7 cm³/mol. The molecule has 2 aromatic rings. The van der Waals surface area contributed by atoms with Gasteiger partial charge >= 0.3 is 0 Å². The van der Waals surface area contributed by atoms with E-state index in [4.69, 9.17) is 11.6 Å². The Bertz CT molecular complexity index is 810. The van der Waals surface area contributed by atoms with Crippen molar-refractivity contribution in [2.24, 2.45) is 0 Å². The second-order valence-electron chi connectivity index (χ2n) is 4.02. The highest BCUT2D eigenvalue weighted by Gasteiger charge is 2.21. The van der Waals surface area contributed by atoms with Crippen molar-refractivity contribution in [3.8, 4) is 0 Å². The van der Waals surface area contributed by atoms with E-state index in [0.29, 0.717) is 5.56 Å². The number of anilines is 1. The molecule has 0 spiro atoms. The number of nitrogens with one attached hydrogen (secondary N) is 1. The smallest absolute Gasteiger partial charge is 0.263 e. The summed E-state index contributed by atoms with van der Waals surface area (Å²) in [5.74, 6) is -0.0269. The molecule has 1 aromatic heterocycles. The Morgan fingerprint density at radius 1 is 1.33 bits per heavy atom. The first-order valence-electron chi connectivity index (χ1n) is 5.56. The SMILES string of the molecule is Cc1ccc([N+](=O)[O-])cc1S(=O)(=O)Nc1ccnc(Cl)n1. The molecule has 1 heterocycles. The van der Waals surface area contributed by atoms with Crippen LogP contribution in [0.1, 0.15) is 5.56 Å². The van der Waals surface area contributed by atoms with Crippen molar-refractivity contribution in [1.82, 2.24) is 9.97 Å². The van der Waals surface area contributed by atoms with E-state index in [1.807, 2.05) is 0 Å². The van der Waals surface area contributed by atoms with Crippen molar-refractivity contribution in [2.75, 3.05) is 4.72 Å². The minimum atomic E-state index is -4.02. The number of benzene rings is 1. The fraction of sp³-hybridized carbons (Fsp3) is 0.0909. The standard InChI is InChI=1S/C11H9ClN4O4S/c1-7-2-3-8(16(17)18)6-9(7)21(19,20)15-10-4-5-13-11(12)14-10/h2-6H,1H3,(H,13,14,15). The molecule has 0 fully saturated rings. The Morgan fingerprint density at radius 3 is 2.67 bits per heavy atom. The third-order valence-corrected chi connectivity index (χ3v) is 4.22. The van der Waals surface area contributed by atoms with Crippen molar-refractivity contribution in [2.45, 2.75) is 11.8 Å². The van der Waals surface area contributed by atoms with Crippen molar-refractivity contribution in [1.29, 1.82) is 0 Å². The molecule has 1 N–H and O–H groups in total. The van der Waals surface area contributed by atoms with Gasteiger partial charge in [0, 0.05) is 18.3 Å². The van der Waals surface area contributed by atoms with Gasteiger partial charge in [0.2, 0.25) is 5.28 Å². The summed E-state index contributed by atoms with van der Waals surface area (Å²) in [4.78, 5) is 17.2. The highest BCUT2D eigenvalue weighted by molar-refractivity contribution is 7.92. The largest absolute Gasteiger partial charge is 0.270 e. The molecular weight excluding hydrogens is 320 g/mol. The molecule has 10 heteroatoms. The summed E-state index contributed by atoms with van der Waals surface area (Å²) in [6.07, 6.45) is 1.29. The van der Waals surface area contributed by atoms with E-state index in [1.54, 1.807) is 0 Å². The van der Waals surface area contributed by atoms with Gasteiger partial charge in [0.1, 0.15) is 5.82 Å². The van der Waals surface area contributed by atoms with Gasteiger partial charge < -0.3 is 0 Å². The van der Waals surface area contributed by atoms with E-state index in [0.717, 1.165) is 6.07 Å². The molecule has 0 amide bonds. The number of hydrogen-bond donors (Lipinski definition) is 1. The minimum Gasteiger partial charge on any atom is -0.263 e. The van der Waals surface area contributed by atoms with Gasteiger partial charge in [0.05, 0.1) is 9.82 Å². The lowest BCUT2D eigenvalue weighted by Gasteiger charge is -2.09. The topological polar surface area (TPSA) is 115 Å². The van der Waals surface area contributed by atoms with E-state index in [9.17, 15) is 18.5 Å². The number of rotatable bonds is 4. The summed E-state index contributed by atoms with van der Waals surface area (Å²) in [5.41, 5.74) is 0.0509. The highest BCUT2D eigenvalue weighted by atomic mass is 35.5. The molecule has 0 radical (unpaired) electrons. The molecule has 0 saturated carbocycles. The van der Waals surface area contributed by atoms with Crippen LogP contribution in [0.5, 0.6) is 0 Å². The maximum Gasteiger partial charge on any atom is 0.270 e. The molecule has 8 nitrogen and oxygen atoms in total. The molecule has 0 aliphatic carbocycles. The van der Waals surface area contributed by atoms with E-state index in [2.05, 4.69) is 14.7 Å². The molecule has 0 atom stereocenters. The Balaban J connectivity index is 2.44. The summed E-state index contributed by atoms with van der Waals surface area (Å²) >= 11 is 5.57. The van der Waals surface area contributed by atoms with Gasteiger partial charge in [-0.3, -0.25) is 14.8 Å². The van der Waals surface area contributed by atoms with Crippen LogP contribution in [0.3, 0.4) is 0 Å². The van der Waals surface area contributed by atoms with Crippen LogP contribution in [0.15, 0.2) is 35.4 Å². The van der Waals surface area contributed by atoms with Gasteiger partial charge in [-0.05, 0) is 30.2 Å². The summed E-state index contributed by atoms with van der Waals surface area (Å²) in [6, 6.07) is 4.89. The predicted octanol–water partition coefficient (Wildman–Crippen LogP) is 2.15. The summed E-state index contributed by atoms with van der Waals surface area (Å²) < 4.78 is 26.7. The lowest BCUT2D eigenvalue weighted by molar-refractivity contribution is -0.385. The minimum absolute atomic E-state index is 0.0269. The van der Waals surface area contributed by atoms with Crippen LogP contribution >= 0.6 is 11.6 Å². The molecule has 0 saturated heterocycles. The molecule has 21 heavy (non-hydrogen) atoms. The van der Waals surface area contributed by atoms with Crippen molar-refractivity contribution in [3.63, 3.8) is 0 Å². The molecule has 110 valence electrons. The average Bonchev–Trinajstić information content (AvgIpc) is 2.38. The van der Waals surface area contributed by atoms with E-state index in [1.165, 1.54) is 31.3 Å². The van der Waals surface area contributed by atoms with Crippen molar-refractivity contribution >= 4 is 33.1 Å². The first-order valence-corrected chi connectivity index (χ1v) is 7.42. The monoisotopic (exact) mass is 328 g/mol. The summed E-state index contributed by atoms with van der Waals surface area (Å²) in [6.45, 7) is 1.53. The molecule has 0 unspecified atom stereocenters. The lowest BCUT2D eigenvalue weighted by Crippen LogP contribution is -2.15. The summed E-state index contributed by atoms with van der Waals surface area (Å²) in [7, 11) is -4.02. The van der Waals surface area contributed by atoms with Gasteiger partial charge in [0.15, 0.2) is 0 Å². The zero-order chi connectivity index (χ0) is 15.6. The Hall–Kier alpha value is -2.26. The number of nitro groups is 1. The third-order valence-electron chi connectivity index (χ3n) is 2.54. The third kappa shape index (κ3) is 3.44. The lowest BCUT2D eigenvalue weighted by atomic mass is 10.2. The molecule has 0 bridgehead atoms. The van der Waals surface area contributed by atoms with Crippen LogP contribution in [-0.2, 0) is 10.0 Å². The van der Waals surface area contributed by atoms with Gasteiger partial charge in [-0.1, -0.05) is 6.07 Å². The van der Waals surface area contributed by atoms with E-state index >= 15 is 0 Å². The number of hydrogen-bond acceptors (Lipinski definition) is 6. The Kier molecular flexibility index (Phi) is 4.05. The van der Waals surface area contributed by atoms with Gasteiger partial charge in [-0.2, -0.15) is 4.98 Å². The van der Waals surface area contributed by atoms with Crippen LogP contribution in [0.2, 0.25) is 5.28 Å². The normalized spacial score (nSPS) is 11.1. The number of nitro benzene ring substituents is 1. The fourth-order valence-corrected chi connectivity index (χ4v) is 2.99. The van der Waals surface area contributed by atoms with Gasteiger partial charge in [0.25, 0.3) is 15.7 Å². The number of sulfonamides is 1. The number of non-ortho nitro benzene ring substituents is 1. The Labute approximate surface area is 125 Å². The van der Waals surface area contributed by atoms with Crippen LogP contribution in [0.25, 0.3) is 0 Å². The number of aryl methyl sites for hydroxylation is 1. The molecule has 1 aromatic carbocycles. The first-order chi connectivity index (χ1) is 9.79. The van der Waals surface area contributed by atoms with Crippen LogP contribution in [-0.4, -0.2) is 23.3 Å². The average molecular weight is 329 g/mol. The zero-order valence-electron chi connectivity index (χ0n) is 10.6. The second kappa shape index (κ2) is 5.62. The maximum absolute atomic E-state index is 12.3. The van der Waals surface area contributed by atoms with Crippen LogP contribution in [0.4, 0.5) is 11.5 Å². The second-order valence-corrected chi connectivity index (χ2v) is 6.01. The summed E-state index contributed by atoms with van der Waals surface area (Å²) in [5, 5.41) is 10.6. The molecule has 2 rings (SSSR count). The fourth-order valence-electron chi connectivity index (χ4n) is 1.58.